The van der Waals surface area contributed by atoms with E-state index < -0.39 is 0 Å². The summed E-state index contributed by atoms with van der Waals surface area (Å²) in [6, 6.07) is 6.33. The van der Waals surface area contributed by atoms with Crippen molar-refractivity contribution < 1.29 is 0 Å². The highest BCUT2D eigenvalue weighted by atomic mass is 32.1. The number of hydrogen-bond acceptors (Lipinski definition) is 2. The highest BCUT2D eigenvalue weighted by molar-refractivity contribution is 7.10. The van der Waals surface area contributed by atoms with Gasteiger partial charge in [0.1, 0.15) is 0 Å². The molecule has 0 saturated carbocycles. The molecule has 0 aromatic carbocycles. The topological polar surface area (TPSA) is 12.9 Å². The lowest BCUT2D eigenvalue weighted by molar-refractivity contribution is 0.890. The van der Waals surface area contributed by atoms with Crippen LogP contribution in [-0.2, 0) is 0 Å². The van der Waals surface area contributed by atoms with Crippen LogP contribution in [0.2, 0.25) is 0 Å². The van der Waals surface area contributed by atoms with E-state index in [0.717, 1.165) is 0 Å². The summed E-state index contributed by atoms with van der Waals surface area (Å²) >= 11 is 1.82. The van der Waals surface area contributed by atoms with E-state index in [9.17, 15) is 0 Å². The Morgan fingerprint density at radius 2 is 2.14 bits per heavy atom. The van der Waals surface area contributed by atoms with E-state index in [2.05, 4.69) is 36.3 Å². The van der Waals surface area contributed by atoms with Gasteiger partial charge in [0.2, 0.25) is 0 Å². The quantitative estimate of drug-likeness (QED) is 0.720. The molecule has 1 nitrogen and oxygen atoms in total. The van der Waals surface area contributed by atoms with Gasteiger partial charge in [0.25, 0.3) is 0 Å². The molecule has 0 N–H and O–H groups in total. The van der Waals surface area contributed by atoms with Gasteiger partial charge in [-0.25, -0.2) is 0 Å². The van der Waals surface area contributed by atoms with Crippen molar-refractivity contribution >= 4 is 11.3 Å². The average molecular weight is 203 g/mol. The van der Waals surface area contributed by atoms with E-state index in [1.54, 1.807) is 6.20 Å². The summed E-state index contributed by atoms with van der Waals surface area (Å²) in [5, 5.41) is 2.20. The highest BCUT2D eigenvalue weighted by Gasteiger charge is 2.04. The monoisotopic (exact) mass is 203 g/mol. The molecule has 2 rings (SSSR count). The van der Waals surface area contributed by atoms with Crippen molar-refractivity contribution in [1.82, 2.24) is 4.98 Å². The largest absolute Gasteiger partial charge is 0.264 e. The molecule has 0 bridgehead atoms. The van der Waals surface area contributed by atoms with Gasteiger partial charge in [0, 0.05) is 22.8 Å². The van der Waals surface area contributed by atoms with Crippen molar-refractivity contribution in [3.8, 4) is 11.1 Å². The van der Waals surface area contributed by atoms with E-state index >= 15 is 0 Å². The number of thiophene rings is 1. The van der Waals surface area contributed by atoms with Crippen LogP contribution in [0.3, 0.4) is 0 Å². The summed E-state index contributed by atoms with van der Waals surface area (Å²) in [7, 11) is 0. The fourth-order valence-corrected chi connectivity index (χ4v) is 2.27. The molecule has 0 aliphatic rings. The summed E-state index contributed by atoms with van der Waals surface area (Å²) in [5.74, 6) is 0.616. The summed E-state index contributed by atoms with van der Waals surface area (Å²) < 4.78 is 0. The van der Waals surface area contributed by atoms with Crippen LogP contribution >= 0.6 is 11.3 Å². The third-order valence-corrected chi connectivity index (χ3v) is 3.42. The van der Waals surface area contributed by atoms with E-state index in [0.29, 0.717) is 5.92 Å². The lowest BCUT2D eigenvalue weighted by Crippen LogP contribution is -1.79. The summed E-state index contributed by atoms with van der Waals surface area (Å²) in [6.45, 7) is 4.44. The van der Waals surface area contributed by atoms with Crippen molar-refractivity contribution in [2.24, 2.45) is 0 Å². The second kappa shape index (κ2) is 3.93. The Bertz CT molecular complexity index is 403. The number of pyridine rings is 1. The van der Waals surface area contributed by atoms with Crippen LogP contribution in [0.4, 0.5) is 0 Å². The Hall–Kier alpha value is -1.15. The van der Waals surface area contributed by atoms with Gasteiger partial charge in [-0.3, -0.25) is 4.98 Å². The zero-order valence-electron chi connectivity index (χ0n) is 8.40. The van der Waals surface area contributed by atoms with Crippen LogP contribution in [0, 0.1) is 0 Å². The molecule has 0 atom stereocenters. The summed E-state index contributed by atoms with van der Waals surface area (Å²) in [5.41, 5.74) is 2.49. The predicted octanol–water partition coefficient (Wildman–Crippen LogP) is 3.93. The Kier molecular flexibility index (Phi) is 2.64. The fraction of sp³-hybridized carbons (Fsp3) is 0.250. The molecule has 2 aromatic rings. The molecule has 0 aliphatic carbocycles. The molecule has 0 amide bonds. The third-order valence-electron chi connectivity index (χ3n) is 2.18. The first-order valence-electron chi connectivity index (χ1n) is 4.76. The Morgan fingerprint density at radius 3 is 2.71 bits per heavy atom. The maximum atomic E-state index is 4.12. The van der Waals surface area contributed by atoms with Crippen LogP contribution < -0.4 is 0 Å². The molecule has 2 aromatic heterocycles. The molecule has 2 heterocycles. The summed E-state index contributed by atoms with van der Waals surface area (Å²) in [6.07, 6.45) is 3.71. The van der Waals surface area contributed by atoms with Gasteiger partial charge in [-0.1, -0.05) is 19.9 Å². The molecule has 0 spiro atoms. The second-order valence-corrected chi connectivity index (χ2v) is 4.58. The van der Waals surface area contributed by atoms with E-state index in [-0.39, 0.29) is 0 Å². The summed E-state index contributed by atoms with van der Waals surface area (Å²) in [4.78, 5) is 5.55. The Morgan fingerprint density at radius 1 is 1.29 bits per heavy atom. The van der Waals surface area contributed by atoms with Crippen LogP contribution in [0.25, 0.3) is 11.1 Å². The van der Waals surface area contributed by atoms with Crippen LogP contribution in [0.5, 0.6) is 0 Å². The maximum absolute atomic E-state index is 4.12. The molecular formula is C12H13NS. The number of aromatic nitrogens is 1. The first-order chi connectivity index (χ1) is 6.77. The third kappa shape index (κ3) is 1.85. The van der Waals surface area contributed by atoms with Crippen LogP contribution in [-0.4, -0.2) is 4.98 Å². The second-order valence-electron chi connectivity index (χ2n) is 3.63. The molecule has 72 valence electrons. The molecule has 0 radical (unpaired) electrons. The number of rotatable bonds is 2. The lowest BCUT2D eigenvalue weighted by Gasteiger charge is -1.98. The zero-order chi connectivity index (χ0) is 9.97. The van der Waals surface area contributed by atoms with Crippen molar-refractivity contribution in [2.75, 3.05) is 0 Å². The fourth-order valence-electron chi connectivity index (χ4n) is 1.34. The average Bonchev–Trinajstić information content (AvgIpc) is 2.68. The zero-order valence-corrected chi connectivity index (χ0v) is 9.21. The van der Waals surface area contributed by atoms with Gasteiger partial charge in [0.05, 0.1) is 0 Å². The first-order valence-corrected chi connectivity index (χ1v) is 5.64. The molecule has 0 aliphatic heterocycles. The van der Waals surface area contributed by atoms with Crippen molar-refractivity contribution in [3.63, 3.8) is 0 Å². The standard InChI is InChI=1S/C12H13NS/c1-9(2)12-6-11(8-14-12)10-4-3-5-13-7-10/h3-9H,1-2H3. The molecule has 0 fully saturated rings. The normalized spacial score (nSPS) is 10.8. The van der Waals surface area contributed by atoms with Gasteiger partial charge in [0.15, 0.2) is 0 Å². The molecule has 2 heteroatoms. The molecular weight excluding hydrogens is 190 g/mol. The molecule has 14 heavy (non-hydrogen) atoms. The van der Waals surface area contributed by atoms with Gasteiger partial charge < -0.3 is 0 Å². The smallest absolute Gasteiger partial charge is 0.0346 e. The minimum atomic E-state index is 0.616. The van der Waals surface area contributed by atoms with Gasteiger partial charge in [-0.15, -0.1) is 11.3 Å². The minimum Gasteiger partial charge on any atom is -0.264 e. The van der Waals surface area contributed by atoms with Gasteiger partial charge in [-0.05, 0) is 29.0 Å². The molecule has 0 unspecified atom stereocenters. The molecule has 0 saturated heterocycles. The van der Waals surface area contributed by atoms with E-state index in [4.69, 9.17) is 0 Å². The van der Waals surface area contributed by atoms with Crippen molar-refractivity contribution in [2.45, 2.75) is 19.8 Å². The van der Waals surface area contributed by atoms with Crippen LogP contribution in [0.15, 0.2) is 36.0 Å². The SMILES string of the molecule is CC(C)c1cc(-c2cccnc2)cs1. The Balaban J connectivity index is 2.34. The minimum absolute atomic E-state index is 0.616. The maximum Gasteiger partial charge on any atom is 0.0346 e. The van der Waals surface area contributed by atoms with E-state index in [1.807, 2.05) is 23.6 Å². The van der Waals surface area contributed by atoms with Crippen molar-refractivity contribution in [1.29, 1.82) is 0 Å². The van der Waals surface area contributed by atoms with Crippen molar-refractivity contribution in [3.05, 3.63) is 40.8 Å². The predicted molar refractivity (Wildman–Crippen MR) is 61.6 cm³/mol. The number of hydrogen-bond donors (Lipinski definition) is 0. The highest BCUT2D eigenvalue weighted by Crippen LogP contribution is 2.29. The van der Waals surface area contributed by atoms with Gasteiger partial charge in [-0.2, -0.15) is 0 Å². The lowest BCUT2D eigenvalue weighted by atomic mass is 10.1. The number of nitrogens with zero attached hydrogens (tertiary/aromatic N) is 1. The Labute approximate surface area is 88.4 Å². The van der Waals surface area contributed by atoms with E-state index in [1.165, 1.54) is 16.0 Å². The van der Waals surface area contributed by atoms with Gasteiger partial charge >= 0.3 is 0 Å². The first kappa shape index (κ1) is 9.41. The van der Waals surface area contributed by atoms with Crippen LogP contribution in [0.1, 0.15) is 24.6 Å².